The van der Waals surface area contributed by atoms with E-state index in [1.54, 1.807) is 0 Å². The zero-order chi connectivity index (χ0) is 13.0. The maximum Gasteiger partial charge on any atom is 0.119 e. The van der Waals surface area contributed by atoms with Gasteiger partial charge in [0.1, 0.15) is 5.75 Å². The summed E-state index contributed by atoms with van der Waals surface area (Å²) in [7, 11) is 0. The molecule has 1 aromatic carbocycles. The summed E-state index contributed by atoms with van der Waals surface area (Å²) in [6, 6.07) is 8.66. The molecule has 0 aromatic heterocycles. The summed E-state index contributed by atoms with van der Waals surface area (Å²) in [6.45, 7) is 10.0. The lowest BCUT2D eigenvalue weighted by Gasteiger charge is -2.31. The van der Waals surface area contributed by atoms with E-state index in [2.05, 4.69) is 49.9 Å². The van der Waals surface area contributed by atoms with Crippen LogP contribution in [0.3, 0.4) is 0 Å². The van der Waals surface area contributed by atoms with Crippen LogP contribution in [0.5, 0.6) is 5.75 Å². The second kappa shape index (κ2) is 6.24. The third-order valence-electron chi connectivity index (χ3n) is 3.74. The van der Waals surface area contributed by atoms with E-state index in [4.69, 9.17) is 4.74 Å². The molecule has 0 spiro atoms. The van der Waals surface area contributed by atoms with Gasteiger partial charge in [0.25, 0.3) is 0 Å². The van der Waals surface area contributed by atoms with Crippen molar-refractivity contribution in [1.29, 1.82) is 0 Å². The molecule has 1 fully saturated rings. The van der Waals surface area contributed by atoms with E-state index < -0.39 is 0 Å². The molecular formula is C16H25NO. The van der Waals surface area contributed by atoms with E-state index in [1.807, 2.05) is 0 Å². The number of piperidine rings is 1. The lowest BCUT2D eigenvalue weighted by Crippen LogP contribution is -2.32. The molecule has 1 aromatic rings. The fourth-order valence-corrected chi connectivity index (χ4v) is 2.70. The molecule has 1 aliphatic heterocycles. The van der Waals surface area contributed by atoms with Crippen molar-refractivity contribution >= 4 is 0 Å². The van der Waals surface area contributed by atoms with Crippen molar-refractivity contribution in [3.8, 4) is 5.75 Å². The van der Waals surface area contributed by atoms with Crippen molar-refractivity contribution in [3.63, 3.8) is 0 Å². The Morgan fingerprint density at radius 3 is 2.61 bits per heavy atom. The molecule has 0 unspecified atom stereocenters. The molecule has 1 heterocycles. The third-order valence-corrected chi connectivity index (χ3v) is 3.74. The second-order valence-electron chi connectivity index (χ2n) is 5.45. The predicted octanol–water partition coefficient (Wildman–Crippen LogP) is 3.67. The number of nitrogens with zero attached hydrogens (tertiary/aromatic N) is 1. The monoisotopic (exact) mass is 247 g/mol. The number of hydrogen-bond donors (Lipinski definition) is 0. The summed E-state index contributed by atoms with van der Waals surface area (Å²) in [4.78, 5) is 2.53. The molecular weight excluding hydrogens is 222 g/mol. The number of benzene rings is 1. The van der Waals surface area contributed by atoms with Gasteiger partial charge in [0.05, 0.1) is 6.10 Å². The molecule has 1 aliphatic rings. The molecule has 0 N–H and O–H groups in total. The topological polar surface area (TPSA) is 12.5 Å². The highest BCUT2D eigenvalue weighted by Crippen LogP contribution is 2.30. The van der Waals surface area contributed by atoms with Crippen molar-refractivity contribution in [2.24, 2.45) is 0 Å². The van der Waals surface area contributed by atoms with Gasteiger partial charge in [0, 0.05) is 0 Å². The van der Waals surface area contributed by atoms with Gasteiger partial charge in [0.15, 0.2) is 0 Å². The normalized spacial score (nSPS) is 18.2. The van der Waals surface area contributed by atoms with E-state index in [0.717, 1.165) is 5.75 Å². The Morgan fingerprint density at radius 2 is 2.00 bits per heavy atom. The van der Waals surface area contributed by atoms with Crippen LogP contribution in [-0.2, 0) is 0 Å². The van der Waals surface area contributed by atoms with Crippen molar-refractivity contribution in [2.45, 2.75) is 45.6 Å². The Bertz CT molecular complexity index is 367. The Balaban J connectivity index is 2.00. The maximum absolute atomic E-state index is 5.78. The zero-order valence-electron chi connectivity index (χ0n) is 11.9. The summed E-state index contributed by atoms with van der Waals surface area (Å²) >= 11 is 0. The van der Waals surface area contributed by atoms with Gasteiger partial charge in [-0.3, -0.25) is 0 Å². The van der Waals surface area contributed by atoms with Gasteiger partial charge in [-0.05, 0) is 69.9 Å². The predicted molar refractivity (Wildman–Crippen MR) is 76.3 cm³/mol. The van der Waals surface area contributed by atoms with Crippen LogP contribution in [0.2, 0.25) is 0 Å². The minimum atomic E-state index is 0.252. The van der Waals surface area contributed by atoms with Gasteiger partial charge < -0.3 is 9.64 Å². The molecule has 2 rings (SSSR count). The van der Waals surface area contributed by atoms with Gasteiger partial charge >= 0.3 is 0 Å². The Morgan fingerprint density at radius 1 is 1.28 bits per heavy atom. The van der Waals surface area contributed by atoms with Crippen molar-refractivity contribution in [3.05, 3.63) is 29.8 Å². The molecule has 0 saturated carbocycles. The summed E-state index contributed by atoms with van der Waals surface area (Å²) in [5.74, 6) is 1.73. The first-order valence-corrected chi connectivity index (χ1v) is 7.18. The fraction of sp³-hybridized carbons (Fsp3) is 0.625. The molecule has 0 radical (unpaired) electrons. The lowest BCUT2D eigenvalue weighted by molar-refractivity contribution is 0.221. The van der Waals surface area contributed by atoms with E-state index in [9.17, 15) is 0 Å². The average molecular weight is 247 g/mol. The number of hydrogen-bond acceptors (Lipinski definition) is 2. The van der Waals surface area contributed by atoms with Gasteiger partial charge in [-0.15, -0.1) is 0 Å². The van der Waals surface area contributed by atoms with Crippen molar-refractivity contribution in [2.75, 3.05) is 19.6 Å². The highest BCUT2D eigenvalue weighted by Gasteiger charge is 2.19. The van der Waals surface area contributed by atoms with Crippen LogP contribution in [0.15, 0.2) is 24.3 Å². The van der Waals surface area contributed by atoms with E-state index in [-0.39, 0.29) is 6.10 Å². The first-order chi connectivity index (χ1) is 8.69. The largest absolute Gasteiger partial charge is 0.491 e. The molecule has 100 valence electrons. The van der Waals surface area contributed by atoms with Gasteiger partial charge in [-0.25, -0.2) is 0 Å². The average Bonchev–Trinajstić information content (AvgIpc) is 2.38. The van der Waals surface area contributed by atoms with Crippen molar-refractivity contribution < 1.29 is 4.74 Å². The third kappa shape index (κ3) is 3.49. The quantitative estimate of drug-likeness (QED) is 0.805. The van der Waals surface area contributed by atoms with Crippen LogP contribution in [0, 0.1) is 0 Å². The standard InChI is InChI=1S/C16H25NO/c1-4-17-10-8-14(9-11-17)15-6-5-7-16(12-15)18-13(2)3/h5-7,12-14H,4,8-11H2,1-3H3. The highest BCUT2D eigenvalue weighted by molar-refractivity contribution is 5.31. The van der Waals surface area contributed by atoms with Gasteiger partial charge in [0.2, 0.25) is 0 Å². The Hall–Kier alpha value is -1.02. The minimum absolute atomic E-state index is 0.252. The SMILES string of the molecule is CCN1CCC(c2cccc(OC(C)C)c2)CC1. The Kier molecular flexibility index (Phi) is 4.65. The first-order valence-electron chi connectivity index (χ1n) is 7.18. The van der Waals surface area contributed by atoms with Crippen LogP contribution >= 0.6 is 0 Å². The summed E-state index contributed by atoms with van der Waals surface area (Å²) in [6.07, 6.45) is 2.81. The van der Waals surface area contributed by atoms with Gasteiger partial charge in [-0.2, -0.15) is 0 Å². The maximum atomic E-state index is 5.78. The van der Waals surface area contributed by atoms with E-state index in [1.165, 1.54) is 38.0 Å². The van der Waals surface area contributed by atoms with Crippen LogP contribution in [0.4, 0.5) is 0 Å². The fourth-order valence-electron chi connectivity index (χ4n) is 2.70. The molecule has 0 bridgehead atoms. The smallest absolute Gasteiger partial charge is 0.119 e. The summed E-state index contributed by atoms with van der Waals surface area (Å²) < 4.78 is 5.78. The lowest BCUT2D eigenvalue weighted by atomic mass is 9.89. The van der Waals surface area contributed by atoms with Crippen molar-refractivity contribution in [1.82, 2.24) is 4.90 Å². The molecule has 2 heteroatoms. The molecule has 2 nitrogen and oxygen atoms in total. The number of rotatable bonds is 4. The zero-order valence-corrected chi connectivity index (χ0v) is 11.9. The molecule has 0 atom stereocenters. The second-order valence-corrected chi connectivity index (χ2v) is 5.45. The minimum Gasteiger partial charge on any atom is -0.491 e. The summed E-state index contributed by atoms with van der Waals surface area (Å²) in [5.41, 5.74) is 1.45. The molecule has 18 heavy (non-hydrogen) atoms. The summed E-state index contributed by atoms with van der Waals surface area (Å²) in [5, 5.41) is 0. The first kappa shape index (κ1) is 13.4. The van der Waals surface area contributed by atoms with Crippen LogP contribution in [0.1, 0.15) is 45.1 Å². The highest BCUT2D eigenvalue weighted by atomic mass is 16.5. The van der Waals surface area contributed by atoms with Crippen LogP contribution in [-0.4, -0.2) is 30.6 Å². The van der Waals surface area contributed by atoms with Gasteiger partial charge in [-0.1, -0.05) is 19.1 Å². The van der Waals surface area contributed by atoms with E-state index in [0.29, 0.717) is 5.92 Å². The molecule has 1 saturated heterocycles. The Labute approximate surface area is 111 Å². The molecule has 0 amide bonds. The van der Waals surface area contributed by atoms with Crippen LogP contribution < -0.4 is 4.74 Å². The number of likely N-dealkylation sites (tertiary alicyclic amines) is 1. The van der Waals surface area contributed by atoms with Crippen LogP contribution in [0.25, 0.3) is 0 Å². The van der Waals surface area contributed by atoms with E-state index >= 15 is 0 Å². The molecule has 0 aliphatic carbocycles. The number of ether oxygens (including phenoxy) is 1.